The van der Waals surface area contributed by atoms with Crippen molar-refractivity contribution in [1.29, 1.82) is 0 Å². The second-order valence-electron chi connectivity index (χ2n) is 7.07. The highest BCUT2D eigenvalue weighted by molar-refractivity contribution is 5.75. The lowest BCUT2D eigenvalue weighted by Crippen LogP contribution is -2.39. The summed E-state index contributed by atoms with van der Waals surface area (Å²) in [6, 6.07) is -0.131. The fourth-order valence-corrected chi connectivity index (χ4v) is 2.87. The number of esters is 1. The summed E-state index contributed by atoms with van der Waals surface area (Å²) < 4.78 is 5.15. The van der Waals surface area contributed by atoms with Crippen molar-refractivity contribution in [1.82, 2.24) is 5.32 Å². The van der Waals surface area contributed by atoms with E-state index >= 15 is 0 Å². The van der Waals surface area contributed by atoms with E-state index in [4.69, 9.17) is 4.74 Å². The number of nitrogens with one attached hydrogen (secondary N) is 1. The maximum atomic E-state index is 11.9. The van der Waals surface area contributed by atoms with Crippen molar-refractivity contribution < 1.29 is 9.53 Å². The Balaban J connectivity index is 3.56. The Bertz CT molecular complexity index is 266. The van der Waals surface area contributed by atoms with E-state index in [1.165, 1.54) is 57.8 Å². The van der Waals surface area contributed by atoms with E-state index in [2.05, 4.69) is 26.1 Å². The van der Waals surface area contributed by atoms with E-state index < -0.39 is 0 Å². The van der Waals surface area contributed by atoms with Gasteiger partial charge in [-0.3, -0.25) is 4.79 Å². The summed E-state index contributed by atoms with van der Waals surface area (Å²) >= 11 is 0. The standard InChI is InChI=1S/C20H41NO2/c1-5-7-8-9-10-11-12-13-14-15-16-21-19(17-18(3)4)20(22)23-6-2/h18-19,21H,5-17H2,1-4H3. The van der Waals surface area contributed by atoms with E-state index in [0.717, 1.165) is 19.4 Å². The van der Waals surface area contributed by atoms with E-state index in [9.17, 15) is 4.79 Å². The SMILES string of the molecule is CCCCCCCCCCCCNC(CC(C)C)C(=O)OCC. The zero-order valence-electron chi connectivity index (χ0n) is 16.2. The van der Waals surface area contributed by atoms with Gasteiger partial charge in [0, 0.05) is 0 Å². The molecule has 1 atom stereocenters. The zero-order chi connectivity index (χ0) is 17.3. The van der Waals surface area contributed by atoms with E-state index in [0.29, 0.717) is 12.5 Å². The maximum Gasteiger partial charge on any atom is 0.323 e. The predicted molar refractivity (Wildman–Crippen MR) is 99.7 cm³/mol. The van der Waals surface area contributed by atoms with Crippen LogP contribution in [0.4, 0.5) is 0 Å². The Morgan fingerprint density at radius 2 is 1.39 bits per heavy atom. The molecule has 0 rings (SSSR count). The number of unbranched alkanes of at least 4 members (excludes halogenated alkanes) is 9. The molecule has 0 aliphatic rings. The highest BCUT2D eigenvalue weighted by Gasteiger charge is 2.19. The van der Waals surface area contributed by atoms with Crippen LogP contribution >= 0.6 is 0 Å². The molecule has 0 aromatic carbocycles. The topological polar surface area (TPSA) is 38.3 Å². The maximum absolute atomic E-state index is 11.9. The number of carbonyl (C=O) groups excluding carboxylic acids is 1. The number of hydrogen-bond donors (Lipinski definition) is 1. The Labute approximate surface area is 144 Å². The van der Waals surface area contributed by atoms with Gasteiger partial charge in [0.2, 0.25) is 0 Å². The molecule has 0 saturated heterocycles. The van der Waals surface area contributed by atoms with Crippen LogP contribution in [0.25, 0.3) is 0 Å². The molecule has 138 valence electrons. The van der Waals surface area contributed by atoms with Gasteiger partial charge in [0.15, 0.2) is 0 Å². The molecule has 1 N–H and O–H groups in total. The quantitative estimate of drug-likeness (QED) is 0.301. The van der Waals surface area contributed by atoms with Crippen LogP contribution in [0.15, 0.2) is 0 Å². The number of ether oxygens (including phenoxy) is 1. The Morgan fingerprint density at radius 1 is 0.870 bits per heavy atom. The van der Waals surface area contributed by atoms with Gasteiger partial charge in [-0.2, -0.15) is 0 Å². The van der Waals surface area contributed by atoms with Crippen molar-refractivity contribution >= 4 is 5.97 Å². The van der Waals surface area contributed by atoms with Crippen molar-refractivity contribution in [3.8, 4) is 0 Å². The zero-order valence-corrected chi connectivity index (χ0v) is 16.2. The molecule has 23 heavy (non-hydrogen) atoms. The third-order valence-electron chi connectivity index (χ3n) is 4.20. The average Bonchev–Trinajstić information content (AvgIpc) is 2.51. The lowest BCUT2D eigenvalue weighted by molar-refractivity contribution is -0.146. The van der Waals surface area contributed by atoms with Crippen LogP contribution < -0.4 is 5.32 Å². The summed E-state index contributed by atoms with van der Waals surface area (Å²) in [6.07, 6.45) is 14.3. The first-order valence-electron chi connectivity index (χ1n) is 10.0. The third-order valence-corrected chi connectivity index (χ3v) is 4.20. The molecule has 0 amide bonds. The molecule has 0 aromatic rings. The molecule has 0 saturated carbocycles. The third kappa shape index (κ3) is 14.7. The molecular weight excluding hydrogens is 286 g/mol. The molecule has 3 heteroatoms. The summed E-state index contributed by atoms with van der Waals surface area (Å²) in [5, 5.41) is 3.39. The highest BCUT2D eigenvalue weighted by Crippen LogP contribution is 2.11. The largest absolute Gasteiger partial charge is 0.465 e. The van der Waals surface area contributed by atoms with Gasteiger partial charge < -0.3 is 10.1 Å². The Morgan fingerprint density at radius 3 is 1.87 bits per heavy atom. The molecule has 0 aliphatic carbocycles. The summed E-state index contributed by atoms with van der Waals surface area (Å²) in [5.74, 6) is 0.415. The number of hydrogen-bond acceptors (Lipinski definition) is 3. The summed E-state index contributed by atoms with van der Waals surface area (Å²) in [6.45, 7) is 9.82. The second-order valence-corrected chi connectivity index (χ2v) is 7.07. The normalized spacial score (nSPS) is 12.6. The predicted octanol–water partition coefficient (Wildman–Crippen LogP) is 5.47. The number of rotatable bonds is 16. The summed E-state index contributed by atoms with van der Waals surface area (Å²) in [4.78, 5) is 11.9. The minimum atomic E-state index is -0.131. The minimum absolute atomic E-state index is 0.0896. The van der Waals surface area contributed by atoms with Gasteiger partial charge in [-0.15, -0.1) is 0 Å². The van der Waals surface area contributed by atoms with Crippen LogP contribution in [0.1, 0.15) is 98.3 Å². The van der Waals surface area contributed by atoms with Crippen LogP contribution in [0, 0.1) is 5.92 Å². The second kappa shape index (κ2) is 16.3. The van der Waals surface area contributed by atoms with Gasteiger partial charge in [-0.05, 0) is 32.2 Å². The number of carbonyl (C=O) groups is 1. The fourth-order valence-electron chi connectivity index (χ4n) is 2.87. The van der Waals surface area contributed by atoms with Crippen LogP contribution in [-0.2, 0) is 9.53 Å². The van der Waals surface area contributed by atoms with Crippen molar-refractivity contribution in [2.75, 3.05) is 13.2 Å². The van der Waals surface area contributed by atoms with Crippen LogP contribution in [0.5, 0.6) is 0 Å². The van der Waals surface area contributed by atoms with Gasteiger partial charge >= 0.3 is 5.97 Å². The van der Waals surface area contributed by atoms with E-state index in [1.54, 1.807) is 0 Å². The van der Waals surface area contributed by atoms with Crippen molar-refractivity contribution in [3.05, 3.63) is 0 Å². The Kier molecular flexibility index (Phi) is 15.9. The highest BCUT2D eigenvalue weighted by atomic mass is 16.5. The molecule has 0 spiro atoms. The van der Waals surface area contributed by atoms with E-state index in [-0.39, 0.29) is 12.0 Å². The monoisotopic (exact) mass is 327 g/mol. The molecule has 0 fully saturated rings. The lowest BCUT2D eigenvalue weighted by Gasteiger charge is -2.19. The van der Waals surface area contributed by atoms with Crippen molar-refractivity contribution in [2.45, 2.75) is 104 Å². The average molecular weight is 328 g/mol. The molecular formula is C20H41NO2. The minimum Gasteiger partial charge on any atom is -0.465 e. The first-order valence-corrected chi connectivity index (χ1v) is 10.0. The molecule has 0 bridgehead atoms. The first kappa shape index (κ1) is 22.4. The van der Waals surface area contributed by atoms with Crippen LogP contribution in [0.3, 0.4) is 0 Å². The molecule has 3 nitrogen and oxygen atoms in total. The molecule has 0 aliphatic heterocycles. The van der Waals surface area contributed by atoms with Gasteiger partial charge in [-0.1, -0.05) is 78.6 Å². The fraction of sp³-hybridized carbons (Fsp3) is 0.950. The molecule has 0 aromatic heterocycles. The Hall–Kier alpha value is -0.570. The van der Waals surface area contributed by atoms with Crippen molar-refractivity contribution in [3.63, 3.8) is 0 Å². The summed E-state index contributed by atoms with van der Waals surface area (Å²) in [5.41, 5.74) is 0. The van der Waals surface area contributed by atoms with Crippen molar-refractivity contribution in [2.24, 2.45) is 5.92 Å². The van der Waals surface area contributed by atoms with Gasteiger partial charge in [0.1, 0.15) is 6.04 Å². The molecule has 0 heterocycles. The summed E-state index contributed by atoms with van der Waals surface area (Å²) in [7, 11) is 0. The molecule has 1 unspecified atom stereocenters. The van der Waals surface area contributed by atoms with Crippen LogP contribution in [-0.4, -0.2) is 25.2 Å². The van der Waals surface area contributed by atoms with Gasteiger partial charge in [-0.25, -0.2) is 0 Å². The van der Waals surface area contributed by atoms with Crippen LogP contribution in [0.2, 0.25) is 0 Å². The van der Waals surface area contributed by atoms with E-state index in [1.807, 2.05) is 6.92 Å². The smallest absolute Gasteiger partial charge is 0.323 e. The van der Waals surface area contributed by atoms with Gasteiger partial charge in [0.25, 0.3) is 0 Å². The molecule has 0 radical (unpaired) electrons. The first-order chi connectivity index (χ1) is 11.1. The van der Waals surface area contributed by atoms with Gasteiger partial charge in [0.05, 0.1) is 6.61 Å². The lowest BCUT2D eigenvalue weighted by atomic mass is 10.0.